The fourth-order valence-corrected chi connectivity index (χ4v) is 3.77. The predicted molar refractivity (Wildman–Crippen MR) is 76.3 cm³/mol. The van der Waals surface area contributed by atoms with Crippen LogP contribution in [0.1, 0.15) is 59.4 Å². The van der Waals surface area contributed by atoms with Gasteiger partial charge in [0, 0.05) is 4.88 Å². The summed E-state index contributed by atoms with van der Waals surface area (Å²) in [4.78, 5) is 17.0. The molecule has 0 aromatic carbocycles. The van der Waals surface area contributed by atoms with Gasteiger partial charge in [-0.15, -0.1) is 11.3 Å². The Morgan fingerprint density at radius 3 is 2.68 bits per heavy atom. The van der Waals surface area contributed by atoms with Gasteiger partial charge in [-0.1, -0.05) is 13.3 Å². The number of hydrogen-bond donors (Lipinski definition) is 1. The lowest BCUT2D eigenvalue weighted by atomic mass is 9.76. The number of ether oxygens (including phenoxy) is 1. The molecule has 0 bridgehead atoms. The van der Waals surface area contributed by atoms with Gasteiger partial charge in [0.1, 0.15) is 5.01 Å². The van der Waals surface area contributed by atoms with Crippen LogP contribution >= 0.6 is 11.3 Å². The Kier molecular flexibility index (Phi) is 4.26. The van der Waals surface area contributed by atoms with Crippen LogP contribution in [0.25, 0.3) is 0 Å². The van der Waals surface area contributed by atoms with Crippen LogP contribution in [0, 0.1) is 12.8 Å². The van der Waals surface area contributed by atoms with E-state index in [0.29, 0.717) is 5.69 Å². The molecule has 1 aromatic rings. The second-order valence-corrected chi connectivity index (χ2v) is 6.63. The molecule has 4 nitrogen and oxygen atoms in total. The van der Waals surface area contributed by atoms with E-state index in [9.17, 15) is 4.79 Å². The fraction of sp³-hybridized carbons (Fsp3) is 0.714. The summed E-state index contributed by atoms with van der Waals surface area (Å²) in [5.74, 6) is 0.420. The van der Waals surface area contributed by atoms with E-state index in [2.05, 4.69) is 11.9 Å². The first kappa shape index (κ1) is 14.5. The van der Waals surface area contributed by atoms with E-state index in [1.54, 1.807) is 0 Å². The molecule has 1 aliphatic carbocycles. The third-order valence-corrected chi connectivity index (χ3v) is 5.37. The number of hydrogen-bond acceptors (Lipinski definition) is 5. The van der Waals surface area contributed by atoms with Gasteiger partial charge in [-0.25, -0.2) is 9.78 Å². The van der Waals surface area contributed by atoms with Gasteiger partial charge in [-0.2, -0.15) is 0 Å². The summed E-state index contributed by atoms with van der Waals surface area (Å²) in [6.07, 6.45) is 5.44. The van der Waals surface area contributed by atoms with Crippen molar-refractivity contribution >= 4 is 17.3 Å². The Morgan fingerprint density at radius 2 is 2.16 bits per heavy atom. The third kappa shape index (κ3) is 2.82. The molecule has 0 spiro atoms. The zero-order valence-corrected chi connectivity index (χ0v) is 12.7. The van der Waals surface area contributed by atoms with Crippen molar-refractivity contribution in [2.75, 3.05) is 7.11 Å². The van der Waals surface area contributed by atoms with Gasteiger partial charge in [0.05, 0.1) is 12.6 Å². The molecule has 106 valence electrons. The number of nitrogens with zero attached hydrogens (tertiary/aromatic N) is 1. The van der Waals surface area contributed by atoms with E-state index < -0.39 is 0 Å². The van der Waals surface area contributed by atoms with Crippen molar-refractivity contribution in [1.82, 2.24) is 4.98 Å². The van der Waals surface area contributed by atoms with E-state index in [1.165, 1.54) is 24.9 Å². The maximum Gasteiger partial charge on any atom is 0.357 e. The van der Waals surface area contributed by atoms with Crippen molar-refractivity contribution < 1.29 is 9.53 Å². The van der Waals surface area contributed by atoms with Crippen molar-refractivity contribution in [3.8, 4) is 0 Å². The molecule has 1 saturated carbocycles. The number of esters is 1. The summed E-state index contributed by atoms with van der Waals surface area (Å²) in [6.45, 7) is 4.13. The molecule has 5 heteroatoms. The van der Waals surface area contributed by atoms with Gasteiger partial charge in [0.25, 0.3) is 0 Å². The normalized spacial score (nSPS) is 27.3. The molecule has 0 unspecified atom stereocenters. The summed E-state index contributed by atoms with van der Waals surface area (Å²) in [5, 5.41) is 0.889. The molecule has 0 aliphatic heterocycles. The summed E-state index contributed by atoms with van der Waals surface area (Å²) in [5.41, 5.74) is 6.58. The monoisotopic (exact) mass is 282 g/mol. The van der Waals surface area contributed by atoms with Crippen LogP contribution in [-0.4, -0.2) is 18.1 Å². The van der Waals surface area contributed by atoms with Crippen molar-refractivity contribution in [2.45, 2.75) is 51.5 Å². The van der Waals surface area contributed by atoms with Crippen LogP contribution in [-0.2, 0) is 10.3 Å². The molecule has 0 amide bonds. The topological polar surface area (TPSA) is 65.2 Å². The largest absolute Gasteiger partial charge is 0.464 e. The van der Waals surface area contributed by atoms with Crippen LogP contribution in [0.15, 0.2) is 0 Å². The molecule has 1 heterocycles. The number of thiazole rings is 1. The van der Waals surface area contributed by atoms with E-state index in [0.717, 1.165) is 41.5 Å². The van der Waals surface area contributed by atoms with Gasteiger partial charge < -0.3 is 10.5 Å². The van der Waals surface area contributed by atoms with Gasteiger partial charge in [-0.3, -0.25) is 0 Å². The summed E-state index contributed by atoms with van der Waals surface area (Å²) >= 11 is 1.54. The van der Waals surface area contributed by atoms with Gasteiger partial charge in [0.15, 0.2) is 5.69 Å². The zero-order chi connectivity index (χ0) is 14.0. The molecule has 19 heavy (non-hydrogen) atoms. The van der Waals surface area contributed by atoms with Crippen LogP contribution in [0.2, 0.25) is 0 Å². The zero-order valence-electron chi connectivity index (χ0n) is 11.9. The Hall–Kier alpha value is -0.940. The lowest BCUT2D eigenvalue weighted by Crippen LogP contribution is -2.40. The number of rotatable bonds is 3. The van der Waals surface area contributed by atoms with Crippen LogP contribution in [0.3, 0.4) is 0 Å². The Balaban J connectivity index is 2.20. The minimum atomic E-state index is -0.370. The van der Waals surface area contributed by atoms with E-state index in [-0.39, 0.29) is 11.5 Å². The number of carbonyl (C=O) groups is 1. The average Bonchev–Trinajstić information content (AvgIpc) is 2.81. The molecule has 1 aliphatic rings. The SMILES string of the molecule is CCC1CCC(N)(c2nc(C(=O)OC)c(C)s2)CC1. The predicted octanol–water partition coefficient (Wildman–Crippen LogP) is 2.99. The van der Waals surface area contributed by atoms with Crippen LogP contribution in [0.5, 0.6) is 0 Å². The van der Waals surface area contributed by atoms with Crippen molar-refractivity contribution in [2.24, 2.45) is 11.7 Å². The summed E-state index contributed by atoms with van der Waals surface area (Å²) < 4.78 is 4.75. The highest BCUT2D eigenvalue weighted by Crippen LogP contribution is 2.40. The maximum atomic E-state index is 11.6. The summed E-state index contributed by atoms with van der Waals surface area (Å²) in [7, 11) is 1.38. The quantitative estimate of drug-likeness (QED) is 0.866. The fourth-order valence-electron chi connectivity index (χ4n) is 2.71. The standard InChI is InChI=1S/C14H22N2O2S/c1-4-10-5-7-14(15,8-6-10)13-16-11(9(2)19-13)12(17)18-3/h10H,4-8,15H2,1-3H3. The highest BCUT2D eigenvalue weighted by molar-refractivity contribution is 7.12. The van der Waals surface area contributed by atoms with E-state index in [1.807, 2.05) is 6.92 Å². The number of aromatic nitrogens is 1. The number of nitrogens with two attached hydrogens (primary N) is 1. The van der Waals surface area contributed by atoms with E-state index in [4.69, 9.17) is 10.5 Å². The molecule has 0 saturated heterocycles. The minimum absolute atomic E-state index is 0.354. The lowest BCUT2D eigenvalue weighted by molar-refractivity contribution is 0.0593. The van der Waals surface area contributed by atoms with Crippen molar-refractivity contribution in [3.63, 3.8) is 0 Å². The Morgan fingerprint density at radius 1 is 1.53 bits per heavy atom. The van der Waals surface area contributed by atoms with E-state index >= 15 is 0 Å². The molecule has 1 fully saturated rings. The highest BCUT2D eigenvalue weighted by atomic mass is 32.1. The molecule has 2 N–H and O–H groups in total. The Labute approximate surface area is 118 Å². The first-order valence-corrected chi connectivity index (χ1v) is 7.67. The third-order valence-electron chi connectivity index (χ3n) is 4.18. The molecular formula is C14H22N2O2S. The molecule has 1 aromatic heterocycles. The van der Waals surface area contributed by atoms with Crippen LogP contribution < -0.4 is 5.73 Å². The second kappa shape index (κ2) is 5.59. The Bertz CT molecular complexity index is 462. The van der Waals surface area contributed by atoms with Crippen molar-refractivity contribution in [1.29, 1.82) is 0 Å². The van der Waals surface area contributed by atoms with Gasteiger partial charge >= 0.3 is 5.97 Å². The summed E-state index contributed by atoms with van der Waals surface area (Å²) in [6, 6.07) is 0. The molecule has 2 rings (SSSR count). The highest BCUT2D eigenvalue weighted by Gasteiger charge is 2.36. The lowest BCUT2D eigenvalue weighted by Gasteiger charge is -2.35. The second-order valence-electron chi connectivity index (χ2n) is 5.42. The minimum Gasteiger partial charge on any atom is -0.464 e. The first-order chi connectivity index (χ1) is 9.00. The number of carbonyl (C=O) groups excluding carboxylic acids is 1. The molecular weight excluding hydrogens is 260 g/mol. The maximum absolute atomic E-state index is 11.6. The van der Waals surface area contributed by atoms with Crippen molar-refractivity contribution in [3.05, 3.63) is 15.6 Å². The smallest absolute Gasteiger partial charge is 0.357 e. The van der Waals surface area contributed by atoms with Gasteiger partial charge in [-0.05, 0) is 38.5 Å². The van der Waals surface area contributed by atoms with Gasteiger partial charge in [0.2, 0.25) is 0 Å². The number of methoxy groups -OCH3 is 1. The molecule has 0 atom stereocenters. The average molecular weight is 282 g/mol. The first-order valence-electron chi connectivity index (χ1n) is 6.85. The molecule has 0 radical (unpaired) electrons. The van der Waals surface area contributed by atoms with Crippen LogP contribution in [0.4, 0.5) is 0 Å². The number of aryl methyl sites for hydroxylation is 1.